The zero-order valence-electron chi connectivity index (χ0n) is 14.3. The van der Waals surface area contributed by atoms with E-state index in [1.165, 1.54) is 0 Å². The van der Waals surface area contributed by atoms with Crippen molar-refractivity contribution in [3.63, 3.8) is 0 Å². The summed E-state index contributed by atoms with van der Waals surface area (Å²) in [6, 6.07) is 10.1. The molecule has 0 spiro atoms. The first-order valence-electron chi connectivity index (χ1n) is 8.54. The molecule has 26 heavy (non-hydrogen) atoms. The van der Waals surface area contributed by atoms with E-state index in [1.807, 2.05) is 36.0 Å². The fourth-order valence-electron chi connectivity index (χ4n) is 3.01. The van der Waals surface area contributed by atoms with Crippen molar-refractivity contribution in [2.75, 3.05) is 11.9 Å². The van der Waals surface area contributed by atoms with Gasteiger partial charge in [-0.25, -0.2) is 4.98 Å². The van der Waals surface area contributed by atoms with Crippen LogP contribution < -0.4 is 5.32 Å². The Labute approximate surface area is 156 Å². The van der Waals surface area contributed by atoms with Crippen LogP contribution in [-0.2, 0) is 6.54 Å². The summed E-state index contributed by atoms with van der Waals surface area (Å²) in [5.74, 6) is 0.932. The predicted molar refractivity (Wildman–Crippen MR) is 99.9 cm³/mol. The Morgan fingerprint density at radius 1 is 1.27 bits per heavy atom. The van der Waals surface area contributed by atoms with E-state index in [0.717, 1.165) is 17.5 Å². The minimum Gasteiger partial charge on any atom is -0.335 e. The molecule has 8 heteroatoms. The summed E-state index contributed by atoms with van der Waals surface area (Å²) in [5.41, 5.74) is 1.82. The maximum atomic E-state index is 12.6. The van der Waals surface area contributed by atoms with Crippen molar-refractivity contribution in [3.05, 3.63) is 54.0 Å². The Balaban J connectivity index is 1.58. The average Bonchev–Trinajstić information content (AvgIpc) is 3.26. The number of halogens is 1. The Hall–Kier alpha value is -2.80. The number of carbonyl (C=O) groups is 1. The maximum Gasteiger partial charge on any atom is 0.276 e. The number of aromatic amines is 1. The van der Waals surface area contributed by atoms with E-state index in [2.05, 4.69) is 32.5 Å². The van der Waals surface area contributed by atoms with Gasteiger partial charge >= 0.3 is 0 Å². The maximum absolute atomic E-state index is 12.6. The van der Waals surface area contributed by atoms with Gasteiger partial charge in [0.05, 0.1) is 18.3 Å². The van der Waals surface area contributed by atoms with Crippen molar-refractivity contribution >= 4 is 23.3 Å². The van der Waals surface area contributed by atoms with Gasteiger partial charge in [-0.1, -0.05) is 48.9 Å². The highest BCUT2D eigenvalue weighted by molar-refractivity contribution is 6.23. The number of anilines is 1. The van der Waals surface area contributed by atoms with Gasteiger partial charge in [-0.2, -0.15) is 5.10 Å². The molecule has 1 aliphatic heterocycles. The van der Waals surface area contributed by atoms with Crippen LogP contribution in [0.25, 0.3) is 11.4 Å². The van der Waals surface area contributed by atoms with Crippen molar-refractivity contribution in [2.24, 2.45) is 0 Å². The topological polar surface area (TPSA) is 78.8 Å². The van der Waals surface area contributed by atoms with Crippen LogP contribution in [0, 0.1) is 0 Å². The summed E-state index contributed by atoms with van der Waals surface area (Å²) in [6.45, 7) is 3.27. The highest BCUT2D eigenvalue weighted by Gasteiger charge is 2.33. The van der Waals surface area contributed by atoms with E-state index in [9.17, 15) is 4.79 Å². The molecule has 134 valence electrons. The highest BCUT2D eigenvalue weighted by Crippen LogP contribution is 2.28. The lowest BCUT2D eigenvalue weighted by Gasteiger charge is -2.31. The lowest BCUT2D eigenvalue weighted by Crippen LogP contribution is -2.46. The normalized spacial score (nSPS) is 16.5. The standard InChI is InChI=1S/C18H19ClN6O/c1-2-8-25-17(26)14-16(23-18(25)19)22-15(21-14)13-9-20-24(11-13)10-12-6-4-3-5-7-12/h3-7,9,11,18,23H,2,8,10H2,1H3,(H,21,22). The van der Waals surface area contributed by atoms with Crippen molar-refractivity contribution in [3.8, 4) is 11.4 Å². The predicted octanol–water partition coefficient (Wildman–Crippen LogP) is 3.12. The molecule has 4 rings (SSSR count). The Morgan fingerprint density at radius 2 is 2.08 bits per heavy atom. The molecule has 1 aromatic carbocycles. The van der Waals surface area contributed by atoms with Gasteiger partial charge in [0.2, 0.25) is 0 Å². The molecule has 3 heterocycles. The zero-order valence-corrected chi connectivity index (χ0v) is 15.1. The molecular weight excluding hydrogens is 352 g/mol. The van der Waals surface area contributed by atoms with Crippen LogP contribution in [0.1, 0.15) is 29.4 Å². The van der Waals surface area contributed by atoms with Crippen LogP contribution in [0.4, 0.5) is 5.82 Å². The molecule has 1 amide bonds. The quantitative estimate of drug-likeness (QED) is 0.534. The van der Waals surface area contributed by atoms with Gasteiger partial charge in [0.25, 0.3) is 5.91 Å². The molecule has 1 unspecified atom stereocenters. The molecule has 1 aliphatic rings. The molecule has 2 aromatic heterocycles. The smallest absolute Gasteiger partial charge is 0.276 e. The van der Waals surface area contributed by atoms with Crippen LogP contribution in [0.3, 0.4) is 0 Å². The Bertz CT molecular complexity index is 919. The number of H-pyrrole nitrogens is 1. The molecule has 0 saturated heterocycles. The second kappa shape index (κ2) is 6.84. The summed E-state index contributed by atoms with van der Waals surface area (Å²) in [7, 11) is 0. The third-order valence-electron chi connectivity index (χ3n) is 4.27. The minimum atomic E-state index is -0.591. The summed E-state index contributed by atoms with van der Waals surface area (Å²) >= 11 is 6.26. The van der Waals surface area contributed by atoms with Gasteiger partial charge in [-0.05, 0) is 12.0 Å². The lowest BCUT2D eigenvalue weighted by molar-refractivity contribution is 0.0730. The molecule has 0 saturated carbocycles. The highest BCUT2D eigenvalue weighted by atomic mass is 35.5. The molecule has 7 nitrogen and oxygen atoms in total. The number of carbonyl (C=O) groups excluding carboxylic acids is 1. The molecule has 0 aliphatic carbocycles. The van der Waals surface area contributed by atoms with Crippen molar-refractivity contribution in [2.45, 2.75) is 25.5 Å². The van der Waals surface area contributed by atoms with Crippen LogP contribution in [0.5, 0.6) is 0 Å². The van der Waals surface area contributed by atoms with Gasteiger partial charge in [0.1, 0.15) is 11.5 Å². The number of hydrogen-bond donors (Lipinski definition) is 2. The number of fused-ring (bicyclic) bond motifs is 1. The van der Waals surface area contributed by atoms with Crippen molar-refractivity contribution < 1.29 is 4.79 Å². The molecule has 3 aromatic rings. The number of nitrogens with one attached hydrogen (secondary N) is 2. The zero-order chi connectivity index (χ0) is 18.1. The number of nitrogens with zero attached hydrogens (tertiary/aromatic N) is 4. The molecule has 1 atom stereocenters. The fourth-order valence-corrected chi connectivity index (χ4v) is 3.29. The molecule has 0 bridgehead atoms. The molecule has 2 N–H and O–H groups in total. The van der Waals surface area contributed by atoms with E-state index in [-0.39, 0.29) is 5.91 Å². The first-order chi connectivity index (χ1) is 12.7. The van der Waals surface area contributed by atoms with E-state index >= 15 is 0 Å². The second-order valence-electron chi connectivity index (χ2n) is 6.20. The van der Waals surface area contributed by atoms with E-state index in [1.54, 1.807) is 11.1 Å². The van der Waals surface area contributed by atoms with Gasteiger partial charge in [0.15, 0.2) is 11.4 Å². The number of imidazole rings is 1. The number of hydrogen-bond acceptors (Lipinski definition) is 4. The van der Waals surface area contributed by atoms with Gasteiger partial charge in [-0.3, -0.25) is 9.48 Å². The lowest BCUT2D eigenvalue weighted by atomic mass is 10.2. The molecular formula is C18H19ClN6O. The summed E-state index contributed by atoms with van der Waals surface area (Å²) < 4.78 is 1.84. The average molecular weight is 371 g/mol. The van der Waals surface area contributed by atoms with Gasteiger partial charge in [-0.15, -0.1) is 0 Å². The summed E-state index contributed by atoms with van der Waals surface area (Å²) in [4.78, 5) is 21.8. The fraction of sp³-hybridized carbons (Fsp3) is 0.278. The number of amides is 1. The van der Waals surface area contributed by atoms with Crippen molar-refractivity contribution in [1.82, 2.24) is 24.6 Å². The first-order valence-corrected chi connectivity index (χ1v) is 8.97. The minimum absolute atomic E-state index is 0.143. The number of aromatic nitrogens is 4. The largest absolute Gasteiger partial charge is 0.335 e. The monoisotopic (exact) mass is 370 g/mol. The van der Waals surface area contributed by atoms with Crippen LogP contribution >= 0.6 is 11.6 Å². The third-order valence-corrected chi connectivity index (χ3v) is 4.61. The van der Waals surface area contributed by atoms with Gasteiger partial charge < -0.3 is 15.2 Å². The molecule has 0 fully saturated rings. The van der Waals surface area contributed by atoms with E-state index in [4.69, 9.17) is 11.6 Å². The second-order valence-corrected chi connectivity index (χ2v) is 6.61. The number of alkyl halides is 1. The van der Waals surface area contributed by atoms with Crippen LogP contribution in [0.15, 0.2) is 42.7 Å². The Kier molecular flexibility index (Phi) is 4.38. The summed E-state index contributed by atoms with van der Waals surface area (Å²) in [5, 5.41) is 7.45. The number of rotatable bonds is 5. The van der Waals surface area contributed by atoms with Gasteiger partial charge in [0, 0.05) is 12.7 Å². The van der Waals surface area contributed by atoms with E-state index in [0.29, 0.717) is 30.4 Å². The van der Waals surface area contributed by atoms with Crippen molar-refractivity contribution in [1.29, 1.82) is 0 Å². The molecule has 0 radical (unpaired) electrons. The summed E-state index contributed by atoms with van der Waals surface area (Å²) in [6.07, 6.45) is 4.47. The van der Waals surface area contributed by atoms with Crippen LogP contribution in [-0.4, -0.2) is 42.7 Å². The third kappa shape index (κ3) is 3.06. The Morgan fingerprint density at radius 3 is 2.85 bits per heavy atom. The number of benzene rings is 1. The van der Waals surface area contributed by atoms with Crippen LogP contribution in [0.2, 0.25) is 0 Å². The van der Waals surface area contributed by atoms with E-state index < -0.39 is 5.62 Å². The SMILES string of the molecule is CCCN1C(=O)c2[nH]c(-c3cnn(Cc4ccccc4)c3)nc2NC1Cl. The first kappa shape index (κ1) is 16.7.